The van der Waals surface area contributed by atoms with Crippen molar-refractivity contribution in [3.8, 4) is 5.75 Å². The highest BCUT2D eigenvalue weighted by Crippen LogP contribution is 2.22. The Kier molecular flexibility index (Phi) is 4.29. The van der Waals surface area contributed by atoms with Crippen LogP contribution in [0.4, 0.5) is 5.13 Å². The Morgan fingerprint density at radius 1 is 1.43 bits per heavy atom. The highest BCUT2D eigenvalue weighted by atomic mass is 32.2. The lowest BCUT2D eigenvalue weighted by Gasteiger charge is -2.07. The van der Waals surface area contributed by atoms with E-state index < -0.39 is 9.84 Å². The third-order valence-corrected chi connectivity index (χ3v) is 4.67. The summed E-state index contributed by atoms with van der Waals surface area (Å²) in [5.41, 5.74) is 1.12. The Labute approximate surface area is 126 Å². The molecule has 0 aliphatic carbocycles. The van der Waals surface area contributed by atoms with Crippen LogP contribution in [-0.2, 0) is 16.3 Å². The number of hydrogen-bond acceptors (Lipinski definition) is 6. The molecule has 6 nitrogen and oxygen atoms in total. The van der Waals surface area contributed by atoms with Gasteiger partial charge in [0, 0.05) is 17.2 Å². The number of anilines is 1. The van der Waals surface area contributed by atoms with Crippen LogP contribution in [0.5, 0.6) is 5.75 Å². The van der Waals surface area contributed by atoms with Gasteiger partial charge in [-0.1, -0.05) is 6.92 Å². The summed E-state index contributed by atoms with van der Waals surface area (Å²) in [6.07, 6.45) is 1.65. The molecule has 0 radical (unpaired) electrons. The van der Waals surface area contributed by atoms with Crippen molar-refractivity contribution in [1.82, 2.24) is 4.98 Å². The smallest absolute Gasteiger partial charge is 0.257 e. The van der Waals surface area contributed by atoms with Crippen LogP contribution >= 0.6 is 11.3 Å². The van der Waals surface area contributed by atoms with Gasteiger partial charge in [-0.25, -0.2) is 13.4 Å². The lowest BCUT2D eigenvalue weighted by atomic mass is 10.0. The first-order chi connectivity index (χ1) is 9.81. The Balaban J connectivity index is 2.24. The van der Waals surface area contributed by atoms with Gasteiger partial charge >= 0.3 is 0 Å². The van der Waals surface area contributed by atoms with Gasteiger partial charge in [-0.05, 0) is 30.2 Å². The molecular weight excluding hydrogens is 312 g/mol. The van der Waals surface area contributed by atoms with E-state index in [1.54, 1.807) is 0 Å². The molecule has 21 heavy (non-hydrogen) atoms. The van der Waals surface area contributed by atoms with Crippen LogP contribution < -0.4 is 5.32 Å². The van der Waals surface area contributed by atoms with Crippen LogP contribution in [0.15, 0.2) is 28.6 Å². The van der Waals surface area contributed by atoms with Gasteiger partial charge < -0.3 is 5.11 Å². The van der Waals surface area contributed by atoms with Crippen LogP contribution in [0.2, 0.25) is 0 Å². The number of benzene rings is 1. The Morgan fingerprint density at radius 2 is 2.14 bits per heavy atom. The predicted octanol–water partition coefficient (Wildman–Crippen LogP) is 2.07. The average molecular weight is 326 g/mol. The normalized spacial score (nSPS) is 11.3. The van der Waals surface area contributed by atoms with Crippen LogP contribution in [0.3, 0.4) is 0 Å². The number of sulfone groups is 1. The molecule has 0 bridgehead atoms. The fraction of sp³-hybridized carbons (Fsp3) is 0.231. The van der Waals surface area contributed by atoms with Crippen molar-refractivity contribution >= 4 is 32.2 Å². The fourth-order valence-corrected chi connectivity index (χ4v) is 3.47. The first kappa shape index (κ1) is 15.5. The quantitative estimate of drug-likeness (QED) is 0.896. The number of nitrogens with zero attached hydrogens (tertiary/aromatic N) is 1. The number of aromatic nitrogens is 1. The number of hydrogen-bond donors (Lipinski definition) is 2. The SMILES string of the molecule is CCc1cc(O)ccc1C(=O)Nc1nc(S(C)(=O)=O)cs1. The van der Waals surface area contributed by atoms with E-state index in [4.69, 9.17) is 0 Å². The standard InChI is InChI=1S/C13H14N2O4S2/c1-3-8-6-9(16)4-5-10(8)12(17)15-13-14-11(7-20-13)21(2,18)19/h4-7,16H,3H2,1-2H3,(H,14,15,17). The minimum Gasteiger partial charge on any atom is -0.508 e. The second kappa shape index (κ2) is 5.82. The van der Waals surface area contributed by atoms with Crippen LogP contribution in [-0.4, -0.2) is 30.7 Å². The van der Waals surface area contributed by atoms with Crippen molar-refractivity contribution in [2.24, 2.45) is 0 Å². The van der Waals surface area contributed by atoms with Gasteiger partial charge in [0.15, 0.2) is 20.0 Å². The molecule has 1 heterocycles. The number of amides is 1. The molecule has 0 aliphatic heterocycles. The van der Waals surface area contributed by atoms with Gasteiger partial charge in [0.05, 0.1) is 0 Å². The molecule has 0 atom stereocenters. The molecule has 0 fully saturated rings. The molecule has 0 unspecified atom stereocenters. The molecule has 2 N–H and O–H groups in total. The summed E-state index contributed by atoms with van der Waals surface area (Å²) < 4.78 is 22.7. The fourth-order valence-electron chi connectivity index (χ4n) is 1.75. The maximum Gasteiger partial charge on any atom is 0.257 e. The van der Waals surface area contributed by atoms with E-state index in [-0.39, 0.29) is 21.8 Å². The Bertz CT molecular complexity index is 781. The molecule has 8 heteroatoms. The van der Waals surface area contributed by atoms with E-state index in [1.807, 2.05) is 6.92 Å². The Hall–Kier alpha value is -1.93. The molecule has 2 aromatic rings. The minimum atomic E-state index is -3.39. The molecule has 1 aromatic carbocycles. The van der Waals surface area contributed by atoms with Crippen LogP contribution in [0.25, 0.3) is 0 Å². The third kappa shape index (κ3) is 3.59. The molecule has 0 spiro atoms. The number of phenols is 1. The summed E-state index contributed by atoms with van der Waals surface area (Å²) in [6, 6.07) is 4.48. The molecule has 1 aromatic heterocycles. The van der Waals surface area contributed by atoms with Crippen molar-refractivity contribution in [2.75, 3.05) is 11.6 Å². The first-order valence-electron chi connectivity index (χ1n) is 6.10. The number of carbonyl (C=O) groups is 1. The zero-order valence-corrected chi connectivity index (χ0v) is 13.1. The summed E-state index contributed by atoms with van der Waals surface area (Å²) >= 11 is 1.04. The number of carbonyl (C=O) groups excluding carboxylic acids is 1. The number of aromatic hydroxyl groups is 1. The van der Waals surface area contributed by atoms with Crippen molar-refractivity contribution in [2.45, 2.75) is 18.4 Å². The highest BCUT2D eigenvalue weighted by Gasteiger charge is 2.16. The van der Waals surface area contributed by atoms with E-state index >= 15 is 0 Å². The van der Waals surface area contributed by atoms with Gasteiger partial charge in [0.1, 0.15) is 5.75 Å². The molecular formula is C13H14N2O4S2. The highest BCUT2D eigenvalue weighted by molar-refractivity contribution is 7.90. The van der Waals surface area contributed by atoms with Gasteiger partial charge in [0.25, 0.3) is 5.91 Å². The van der Waals surface area contributed by atoms with E-state index in [1.165, 1.54) is 23.6 Å². The zero-order valence-electron chi connectivity index (χ0n) is 11.5. The van der Waals surface area contributed by atoms with E-state index in [0.717, 1.165) is 17.6 Å². The predicted molar refractivity (Wildman–Crippen MR) is 80.7 cm³/mol. The van der Waals surface area contributed by atoms with Gasteiger partial charge in [0.2, 0.25) is 0 Å². The topological polar surface area (TPSA) is 96.4 Å². The maximum absolute atomic E-state index is 12.2. The monoisotopic (exact) mass is 326 g/mol. The third-order valence-electron chi connectivity index (χ3n) is 2.80. The number of phenolic OH excluding ortho intramolecular Hbond substituents is 1. The van der Waals surface area contributed by atoms with Crippen molar-refractivity contribution in [1.29, 1.82) is 0 Å². The summed E-state index contributed by atoms with van der Waals surface area (Å²) in [7, 11) is -3.39. The molecule has 1 amide bonds. The molecule has 0 saturated heterocycles. The largest absolute Gasteiger partial charge is 0.508 e. The lowest BCUT2D eigenvalue weighted by molar-refractivity contribution is 0.102. The first-order valence-corrected chi connectivity index (χ1v) is 8.87. The number of nitrogens with one attached hydrogen (secondary N) is 1. The van der Waals surface area contributed by atoms with Gasteiger partial charge in [-0.15, -0.1) is 11.3 Å². The second-order valence-electron chi connectivity index (χ2n) is 4.41. The van der Waals surface area contributed by atoms with Crippen LogP contribution in [0.1, 0.15) is 22.8 Å². The lowest BCUT2D eigenvalue weighted by Crippen LogP contribution is -2.14. The zero-order chi connectivity index (χ0) is 15.6. The molecule has 2 rings (SSSR count). The van der Waals surface area contributed by atoms with Crippen LogP contribution in [0, 0.1) is 0 Å². The number of aryl methyl sites for hydroxylation is 1. The maximum atomic E-state index is 12.2. The number of thiazole rings is 1. The Morgan fingerprint density at radius 3 is 2.71 bits per heavy atom. The summed E-state index contributed by atoms with van der Waals surface area (Å²) in [4.78, 5) is 16.1. The molecule has 0 saturated carbocycles. The van der Waals surface area contributed by atoms with Crippen molar-refractivity contribution in [3.63, 3.8) is 0 Å². The average Bonchev–Trinajstić information content (AvgIpc) is 2.86. The van der Waals surface area contributed by atoms with E-state index in [0.29, 0.717) is 17.5 Å². The second-order valence-corrected chi connectivity index (χ2v) is 7.23. The molecule has 0 aliphatic rings. The summed E-state index contributed by atoms with van der Waals surface area (Å²) in [5, 5.41) is 13.5. The van der Waals surface area contributed by atoms with E-state index in [9.17, 15) is 18.3 Å². The molecule has 112 valence electrons. The number of rotatable bonds is 4. The summed E-state index contributed by atoms with van der Waals surface area (Å²) in [5.74, 6) is -0.293. The van der Waals surface area contributed by atoms with Crippen molar-refractivity contribution in [3.05, 3.63) is 34.7 Å². The minimum absolute atomic E-state index is 0.0655. The van der Waals surface area contributed by atoms with Crippen molar-refractivity contribution < 1.29 is 18.3 Å². The van der Waals surface area contributed by atoms with E-state index in [2.05, 4.69) is 10.3 Å². The van der Waals surface area contributed by atoms with Gasteiger partial charge in [-0.3, -0.25) is 10.1 Å². The summed E-state index contributed by atoms with van der Waals surface area (Å²) in [6.45, 7) is 1.87. The van der Waals surface area contributed by atoms with Gasteiger partial charge in [-0.2, -0.15) is 0 Å².